The van der Waals surface area contributed by atoms with Crippen molar-refractivity contribution in [2.24, 2.45) is 0 Å². The Morgan fingerprint density at radius 3 is 2.50 bits per heavy atom. The molecule has 0 spiro atoms. The third-order valence-electron chi connectivity index (χ3n) is 3.10. The summed E-state index contributed by atoms with van der Waals surface area (Å²) in [5, 5.41) is 11.4. The number of aliphatic carboxylic acids is 1. The van der Waals surface area contributed by atoms with Crippen LogP contribution in [0.25, 0.3) is 0 Å². The molecule has 0 saturated carbocycles. The van der Waals surface area contributed by atoms with E-state index < -0.39 is 5.97 Å². The first-order valence-corrected chi connectivity index (χ1v) is 7.48. The van der Waals surface area contributed by atoms with Crippen molar-refractivity contribution in [2.45, 2.75) is 39.5 Å². The summed E-state index contributed by atoms with van der Waals surface area (Å²) in [6, 6.07) is 3.82. The van der Waals surface area contributed by atoms with E-state index in [9.17, 15) is 9.59 Å². The van der Waals surface area contributed by atoms with E-state index >= 15 is 0 Å². The normalized spacial score (nSPS) is 10.3. The molecule has 1 rings (SSSR count). The van der Waals surface area contributed by atoms with E-state index in [1.165, 1.54) is 0 Å². The maximum atomic E-state index is 12.0. The van der Waals surface area contributed by atoms with Crippen molar-refractivity contribution in [2.75, 3.05) is 6.54 Å². The minimum Gasteiger partial charge on any atom is -0.481 e. The Kier molecular flexibility index (Phi) is 6.71. The first-order valence-electron chi connectivity index (χ1n) is 6.68. The third-order valence-corrected chi connectivity index (χ3v) is 3.96. The van der Waals surface area contributed by atoms with Crippen LogP contribution in [0.2, 0.25) is 0 Å². The van der Waals surface area contributed by atoms with Gasteiger partial charge in [-0.05, 0) is 49.9 Å². The molecule has 1 amide bonds. The summed E-state index contributed by atoms with van der Waals surface area (Å²) in [4.78, 5) is 22.4. The average molecular weight is 342 g/mol. The molecule has 0 aliphatic heterocycles. The molecule has 0 aromatic heterocycles. The van der Waals surface area contributed by atoms with Crippen molar-refractivity contribution in [3.63, 3.8) is 0 Å². The number of carbonyl (C=O) groups excluding carboxylic acids is 1. The van der Waals surface area contributed by atoms with Crippen molar-refractivity contribution < 1.29 is 14.7 Å². The molecule has 0 heterocycles. The lowest BCUT2D eigenvalue weighted by Crippen LogP contribution is -2.25. The Labute approximate surface area is 127 Å². The molecule has 0 aliphatic rings. The molecule has 0 radical (unpaired) electrons. The number of aryl methyl sites for hydroxylation is 2. The highest BCUT2D eigenvalue weighted by atomic mass is 79.9. The molecule has 0 unspecified atom stereocenters. The van der Waals surface area contributed by atoms with Crippen LogP contribution in [0.5, 0.6) is 0 Å². The number of nitrogens with one attached hydrogen (secondary N) is 1. The standard InChI is InChI=1S/C15H20BrNO3/c1-10-9-13(16)11(2)8-12(10)15(20)17-7-5-3-4-6-14(18)19/h8-9H,3-7H2,1-2H3,(H,17,20)(H,18,19). The van der Waals surface area contributed by atoms with Gasteiger partial charge in [-0.3, -0.25) is 9.59 Å². The molecule has 110 valence electrons. The van der Waals surface area contributed by atoms with Crippen LogP contribution in [0, 0.1) is 13.8 Å². The van der Waals surface area contributed by atoms with E-state index in [1.807, 2.05) is 26.0 Å². The molecule has 4 nitrogen and oxygen atoms in total. The summed E-state index contributed by atoms with van der Waals surface area (Å²) in [5.74, 6) is -0.841. The van der Waals surface area contributed by atoms with Crippen molar-refractivity contribution in [3.05, 3.63) is 33.3 Å². The summed E-state index contributed by atoms with van der Waals surface area (Å²) < 4.78 is 1.00. The van der Waals surface area contributed by atoms with E-state index in [-0.39, 0.29) is 12.3 Å². The van der Waals surface area contributed by atoms with Crippen molar-refractivity contribution in [1.82, 2.24) is 5.32 Å². The molecule has 20 heavy (non-hydrogen) atoms. The average Bonchev–Trinajstić information content (AvgIpc) is 2.37. The lowest BCUT2D eigenvalue weighted by molar-refractivity contribution is -0.137. The second-order valence-corrected chi connectivity index (χ2v) is 5.73. The van der Waals surface area contributed by atoms with E-state index in [0.29, 0.717) is 18.5 Å². The van der Waals surface area contributed by atoms with Crippen molar-refractivity contribution in [3.8, 4) is 0 Å². The predicted octanol–water partition coefficient (Wildman–Crippen LogP) is 3.44. The molecular formula is C15H20BrNO3. The number of unbranched alkanes of at least 4 members (excludes halogenated alkanes) is 2. The Morgan fingerprint density at radius 2 is 1.85 bits per heavy atom. The van der Waals surface area contributed by atoms with Gasteiger partial charge in [0.05, 0.1) is 0 Å². The summed E-state index contributed by atoms with van der Waals surface area (Å²) >= 11 is 3.44. The van der Waals surface area contributed by atoms with Crippen LogP contribution in [0.15, 0.2) is 16.6 Å². The molecular weight excluding hydrogens is 322 g/mol. The monoisotopic (exact) mass is 341 g/mol. The molecule has 0 aliphatic carbocycles. The van der Waals surface area contributed by atoms with Gasteiger partial charge in [-0.25, -0.2) is 0 Å². The summed E-state index contributed by atoms with van der Waals surface area (Å²) in [6.45, 7) is 4.44. The largest absolute Gasteiger partial charge is 0.481 e. The fourth-order valence-electron chi connectivity index (χ4n) is 1.90. The van der Waals surface area contributed by atoms with E-state index in [4.69, 9.17) is 5.11 Å². The number of benzene rings is 1. The van der Waals surface area contributed by atoms with Gasteiger partial charge in [-0.1, -0.05) is 22.4 Å². The Bertz CT molecular complexity index is 500. The minimum atomic E-state index is -0.769. The second-order valence-electron chi connectivity index (χ2n) is 4.88. The fraction of sp³-hybridized carbons (Fsp3) is 0.467. The van der Waals surface area contributed by atoms with Crippen LogP contribution in [0.3, 0.4) is 0 Å². The zero-order valence-electron chi connectivity index (χ0n) is 11.8. The Morgan fingerprint density at radius 1 is 1.15 bits per heavy atom. The molecule has 0 fully saturated rings. The van der Waals surface area contributed by atoms with Gasteiger partial charge in [0.15, 0.2) is 0 Å². The third kappa shape index (κ3) is 5.33. The summed E-state index contributed by atoms with van der Waals surface area (Å²) in [5.41, 5.74) is 2.66. The highest BCUT2D eigenvalue weighted by Gasteiger charge is 2.10. The number of hydrogen-bond acceptors (Lipinski definition) is 2. The maximum Gasteiger partial charge on any atom is 0.303 e. The summed E-state index contributed by atoms with van der Waals surface area (Å²) in [6.07, 6.45) is 2.46. The highest BCUT2D eigenvalue weighted by Crippen LogP contribution is 2.20. The van der Waals surface area contributed by atoms with E-state index in [2.05, 4.69) is 21.2 Å². The van der Waals surface area contributed by atoms with Gasteiger partial charge in [-0.15, -0.1) is 0 Å². The van der Waals surface area contributed by atoms with Crippen LogP contribution in [0.1, 0.15) is 47.2 Å². The number of carboxylic acid groups (broad SMARTS) is 1. The Hall–Kier alpha value is -1.36. The van der Waals surface area contributed by atoms with Crippen LogP contribution in [0.4, 0.5) is 0 Å². The first-order chi connectivity index (χ1) is 9.41. The van der Waals surface area contributed by atoms with Crippen LogP contribution < -0.4 is 5.32 Å². The molecule has 0 atom stereocenters. The van der Waals surface area contributed by atoms with Gasteiger partial charge >= 0.3 is 5.97 Å². The van der Waals surface area contributed by atoms with Crippen LogP contribution in [-0.4, -0.2) is 23.5 Å². The molecule has 1 aromatic rings. The van der Waals surface area contributed by atoms with E-state index in [0.717, 1.165) is 28.4 Å². The number of rotatable bonds is 7. The molecule has 5 heteroatoms. The number of carbonyl (C=O) groups is 2. The topological polar surface area (TPSA) is 66.4 Å². The van der Waals surface area contributed by atoms with Crippen molar-refractivity contribution >= 4 is 27.8 Å². The first kappa shape index (κ1) is 16.7. The zero-order valence-corrected chi connectivity index (χ0v) is 13.4. The molecule has 2 N–H and O–H groups in total. The quantitative estimate of drug-likeness (QED) is 0.746. The van der Waals surface area contributed by atoms with Crippen LogP contribution in [-0.2, 0) is 4.79 Å². The van der Waals surface area contributed by atoms with Crippen molar-refractivity contribution in [1.29, 1.82) is 0 Å². The van der Waals surface area contributed by atoms with Gasteiger partial charge in [0.1, 0.15) is 0 Å². The highest BCUT2D eigenvalue weighted by molar-refractivity contribution is 9.10. The van der Waals surface area contributed by atoms with Gasteiger partial charge in [-0.2, -0.15) is 0 Å². The molecule has 0 bridgehead atoms. The zero-order chi connectivity index (χ0) is 15.1. The number of halogens is 1. The Balaban J connectivity index is 2.40. The number of amides is 1. The lowest BCUT2D eigenvalue weighted by atomic mass is 10.0. The van der Waals surface area contributed by atoms with Gasteiger partial charge in [0.2, 0.25) is 0 Å². The van der Waals surface area contributed by atoms with Gasteiger partial charge in [0, 0.05) is 23.0 Å². The second kappa shape index (κ2) is 8.04. The lowest BCUT2D eigenvalue weighted by Gasteiger charge is -2.09. The van der Waals surface area contributed by atoms with Gasteiger partial charge < -0.3 is 10.4 Å². The minimum absolute atomic E-state index is 0.0728. The summed E-state index contributed by atoms with van der Waals surface area (Å²) in [7, 11) is 0. The van der Waals surface area contributed by atoms with E-state index in [1.54, 1.807) is 0 Å². The SMILES string of the molecule is Cc1cc(C(=O)NCCCCCC(=O)O)c(C)cc1Br. The number of hydrogen-bond donors (Lipinski definition) is 2. The predicted molar refractivity (Wildman–Crippen MR) is 82.1 cm³/mol. The van der Waals surface area contributed by atoms with Gasteiger partial charge in [0.25, 0.3) is 5.91 Å². The number of carboxylic acids is 1. The maximum absolute atomic E-state index is 12.0. The smallest absolute Gasteiger partial charge is 0.303 e. The molecule has 0 saturated heterocycles. The molecule has 1 aromatic carbocycles. The van der Waals surface area contributed by atoms with Crippen LogP contribution >= 0.6 is 15.9 Å². The fourth-order valence-corrected chi connectivity index (χ4v) is 2.36.